The predicted molar refractivity (Wildman–Crippen MR) is 69.7 cm³/mol. The molecule has 0 spiro atoms. The fourth-order valence-electron chi connectivity index (χ4n) is 2.20. The van der Waals surface area contributed by atoms with Gasteiger partial charge in [0, 0.05) is 12.6 Å². The molecule has 0 amide bonds. The third-order valence-corrected chi connectivity index (χ3v) is 3.39. The Morgan fingerprint density at radius 2 is 2.06 bits per heavy atom. The number of rotatable bonds is 3. The molecular weight excluding hydrogens is 194 g/mol. The summed E-state index contributed by atoms with van der Waals surface area (Å²) in [4.78, 5) is 0. The second-order valence-electron chi connectivity index (χ2n) is 4.89. The van der Waals surface area contributed by atoms with E-state index in [0.717, 1.165) is 6.54 Å². The van der Waals surface area contributed by atoms with Crippen molar-refractivity contribution in [1.82, 2.24) is 5.32 Å². The van der Waals surface area contributed by atoms with Crippen LogP contribution >= 0.6 is 0 Å². The summed E-state index contributed by atoms with van der Waals surface area (Å²) >= 11 is 0. The number of aryl methyl sites for hydroxylation is 2. The van der Waals surface area contributed by atoms with E-state index >= 15 is 0 Å². The first kappa shape index (κ1) is 11.4. The molecule has 1 atom stereocenters. The van der Waals surface area contributed by atoms with Crippen molar-refractivity contribution in [1.29, 1.82) is 0 Å². The minimum Gasteiger partial charge on any atom is -0.310 e. The van der Waals surface area contributed by atoms with Crippen molar-refractivity contribution in [3.63, 3.8) is 0 Å². The quantitative estimate of drug-likeness (QED) is 0.763. The molecule has 1 aliphatic heterocycles. The molecule has 1 heterocycles. The zero-order valence-corrected chi connectivity index (χ0v) is 10.1. The zero-order chi connectivity index (χ0) is 11.4. The van der Waals surface area contributed by atoms with E-state index in [9.17, 15) is 0 Å². The molecule has 1 aromatic rings. The van der Waals surface area contributed by atoms with Gasteiger partial charge in [0.25, 0.3) is 0 Å². The van der Waals surface area contributed by atoms with Crippen molar-refractivity contribution >= 4 is 0 Å². The van der Waals surface area contributed by atoms with E-state index in [0.29, 0.717) is 6.04 Å². The van der Waals surface area contributed by atoms with Crippen LogP contribution in [0.3, 0.4) is 0 Å². The summed E-state index contributed by atoms with van der Waals surface area (Å²) in [6.07, 6.45) is 4.89. The topological polar surface area (TPSA) is 12.0 Å². The van der Waals surface area contributed by atoms with Crippen LogP contribution in [0.2, 0.25) is 0 Å². The Morgan fingerprint density at radius 3 is 2.69 bits per heavy atom. The van der Waals surface area contributed by atoms with Crippen LogP contribution in [0, 0.1) is 6.92 Å². The van der Waals surface area contributed by atoms with E-state index in [1.54, 1.807) is 0 Å². The summed E-state index contributed by atoms with van der Waals surface area (Å²) < 4.78 is 0. The summed E-state index contributed by atoms with van der Waals surface area (Å²) in [6, 6.07) is 9.58. The Balaban J connectivity index is 1.79. The lowest BCUT2D eigenvalue weighted by atomic mass is 9.96. The molecule has 0 aromatic heterocycles. The van der Waals surface area contributed by atoms with Gasteiger partial charge in [0.1, 0.15) is 0 Å². The van der Waals surface area contributed by atoms with Crippen molar-refractivity contribution in [3.05, 3.63) is 47.5 Å². The molecule has 0 aliphatic carbocycles. The highest BCUT2D eigenvalue weighted by Crippen LogP contribution is 2.16. The van der Waals surface area contributed by atoms with Gasteiger partial charge in [0.05, 0.1) is 0 Å². The molecule has 16 heavy (non-hydrogen) atoms. The molecule has 86 valence electrons. The van der Waals surface area contributed by atoms with Crippen molar-refractivity contribution in [3.8, 4) is 0 Å². The highest BCUT2D eigenvalue weighted by atomic mass is 14.9. The van der Waals surface area contributed by atoms with Crippen LogP contribution in [0.5, 0.6) is 0 Å². The summed E-state index contributed by atoms with van der Waals surface area (Å²) in [6.45, 7) is 7.16. The van der Waals surface area contributed by atoms with Gasteiger partial charge >= 0.3 is 0 Å². The third kappa shape index (κ3) is 3.21. The van der Waals surface area contributed by atoms with Crippen molar-refractivity contribution in [2.24, 2.45) is 0 Å². The molecule has 1 fully saturated rings. The van der Waals surface area contributed by atoms with E-state index in [1.807, 2.05) is 0 Å². The van der Waals surface area contributed by atoms with E-state index in [1.165, 1.54) is 42.4 Å². The van der Waals surface area contributed by atoms with Crippen LogP contribution in [-0.4, -0.2) is 12.6 Å². The molecular formula is C15H21N. The van der Waals surface area contributed by atoms with Gasteiger partial charge in [-0.3, -0.25) is 0 Å². The molecule has 1 saturated heterocycles. The van der Waals surface area contributed by atoms with Crippen LogP contribution in [0.25, 0.3) is 0 Å². The van der Waals surface area contributed by atoms with E-state index < -0.39 is 0 Å². The maximum absolute atomic E-state index is 4.01. The van der Waals surface area contributed by atoms with Gasteiger partial charge in [-0.1, -0.05) is 42.0 Å². The molecule has 1 nitrogen and oxygen atoms in total. The molecule has 1 aliphatic rings. The highest BCUT2D eigenvalue weighted by molar-refractivity contribution is 5.21. The standard InChI is InChI=1S/C15H21N/c1-12-3-6-14(7-4-12)8-10-15-9-5-13(2)11-16-15/h3-4,6-7,15-16H,2,5,8-11H2,1H3. The van der Waals surface area contributed by atoms with Crippen molar-refractivity contribution < 1.29 is 0 Å². The first-order chi connectivity index (χ1) is 7.74. The van der Waals surface area contributed by atoms with Gasteiger partial charge in [-0.25, -0.2) is 0 Å². The first-order valence-electron chi connectivity index (χ1n) is 6.19. The fraction of sp³-hybridized carbons (Fsp3) is 0.467. The molecule has 1 heteroatoms. The number of nitrogens with one attached hydrogen (secondary N) is 1. The zero-order valence-electron chi connectivity index (χ0n) is 10.1. The van der Waals surface area contributed by atoms with Gasteiger partial charge in [-0.15, -0.1) is 0 Å². The van der Waals surface area contributed by atoms with Crippen LogP contribution < -0.4 is 5.32 Å². The maximum Gasteiger partial charge on any atom is 0.0164 e. The third-order valence-electron chi connectivity index (χ3n) is 3.39. The Morgan fingerprint density at radius 1 is 1.31 bits per heavy atom. The van der Waals surface area contributed by atoms with E-state index in [2.05, 4.69) is 43.1 Å². The fourth-order valence-corrected chi connectivity index (χ4v) is 2.20. The summed E-state index contributed by atoms with van der Waals surface area (Å²) in [5.41, 5.74) is 4.15. The summed E-state index contributed by atoms with van der Waals surface area (Å²) in [5.74, 6) is 0. The monoisotopic (exact) mass is 215 g/mol. The Bertz CT molecular complexity index is 340. The molecule has 0 bridgehead atoms. The highest BCUT2D eigenvalue weighted by Gasteiger charge is 2.13. The van der Waals surface area contributed by atoms with Crippen LogP contribution in [-0.2, 0) is 6.42 Å². The minimum atomic E-state index is 0.687. The van der Waals surface area contributed by atoms with Crippen LogP contribution in [0.15, 0.2) is 36.4 Å². The number of hydrogen-bond acceptors (Lipinski definition) is 1. The summed E-state index contributed by atoms with van der Waals surface area (Å²) in [5, 5.41) is 3.55. The molecule has 0 radical (unpaired) electrons. The second-order valence-corrected chi connectivity index (χ2v) is 4.89. The average molecular weight is 215 g/mol. The molecule has 1 unspecified atom stereocenters. The van der Waals surface area contributed by atoms with Gasteiger partial charge in [0.2, 0.25) is 0 Å². The predicted octanol–water partition coefficient (Wildman–Crippen LogP) is 3.24. The summed E-state index contributed by atoms with van der Waals surface area (Å²) in [7, 11) is 0. The molecule has 2 rings (SSSR count). The number of hydrogen-bond donors (Lipinski definition) is 1. The second kappa shape index (κ2) is 5.31. The first-order valence-corrected chi connectivity index (χ1v) is 6.19. The maximum atomic E-state index is 4.01. The molecule has 1 aromatic carbocycles. The van der Waals surface area contributed by atoms with Crippen LogP contribution in [0.4, 0.5) is 0 Å². The lowest BCUT2D eigenvalue weighted by molar-refractivity contribution is 0.431. The SMILES string of the molecule is C=C1CCC(CCc2ccc(C)cc2)NC1. The number of piperidine rings is 1. The lowest BCUT2D eigenvalue weighted by Gasteiger charge is -2.25. The van der Waals surface area contributed by atoms with E-state index in [-0.39, 0.29) is 0 Å². The van der Waals surface area contributed by atoms with Crippen molar-refractivity contribution in [2.45, 2.75) is 38.6 Å². The van der Waals surface area contributed by atoms with E-state index in [4.69, 9.17) is 0 Å². The molecule has 1 N–H and O–H groups in total. The Kier molecular flexibility index (Phi) is 3.79. The lowest BCUT2D eigenvalue weighted by Crippen LogP contribution is -2.35. The Labute approximate surface area is 98.6 Å². The van der Waals surface area contributed by atoms with Gasteiger partial charge in [-0.05, 0) is 38.2 Å². The van der Waals surface area contributed by atoms with Gasteiger partial charge in [-0.2, -0.15) is 0 Å². The van der Waals surface area contributed by atoms with Gasteiger partial charge < -0.3 is 5.32 Å². The minimum absolute atomic E-state index is 0.687. The normalized spacial score (nSPS) is 21.1. The largest absolute Gasteiger partial charge is 0.310 e. The average Bonchev–Trinajstić information content (AvgIpc) is 2.30. The van der Waals surface area contributed by atoms with Gasteiger partial charge in [0.15, 0.2) is 0 Å². The van der Waals surface area contributed by atoms with Crippen molar-refractivity contribution in [2.75, 3.05) is 6.54 Å². The molecule has 0 saturated carbocycles. The van der Waals surface area contributed by atoms with Crippen LogP contribution in [0.1, 0.15) is 30.4 Å². The number of benzene rings is 1. The smallest absolute Gasteiger partial charge is 0.0164 e. The Hall–Kier alpha value is -1.08.